The van der Waals surface area contributed by atoms with Crippen molar-refractivity contribution in [1.29, 1.82) is 0 Å². The van der Waals surface area contributed by atoms with Crippen molar-refractivity contribution in [3.8, 4) is 5.75 Å². The number of ether oxygens (including phenoxy) is 1. The van der Waals surface area contributed by atoms with Gasteiger partial charge in [0.15, 0.2) is 5.75 Å². The maximum atomic E-state index is 10.8. The highest BCUT2D eigenvalue weighted by molar-refractivity contribution is 6.34. The van der Waals surface area contributed by atoms with Crippen molar-refractivity contribution in [3.05, 3.63) is 33.7 Å². The van der Waals surface area contributed by atoms with Crippen molar-refractivity contribution in [1.82, 2.24) is 9.97 Å². The van der Waals surface area contributed by atoms with E-state index in [0.717, 1.165) is 0 Å². The average Bonchev–Trinajstić information content (AvgIpc) is 2.28. The number of rotatable bonds is 2. The van der Waals surface area contributed by atoms with E-state index in [9.17, 15) is 10.1 Å². The Morgan fingerprint density at radius 2 is 2.19 bits per heavy atom. The van der Waals surface area contributed by atoms with Gasteiger partial charge < -0.3 is 4.74 Å². The zero-order chi connectivity index (χ0) is 11.7. The summed E-state index contributed by atoms with van der Waals surface area (Å²) in [6.45, 7) is 0. The van der Waals surface area contributed by atoms with Gasteiger partial charge in [0, 0.05) is 11.5 Å². The van der Waals surface area contributed by atoms with Gasteiger partial charge in [-0.05, 0) is 6.07 Å². The first-order chi connectivity index (χ1) is 7.63. The molecule has 16 heavy (non-hydrogen) atoms. The number of methoxy groups -OCH3 is 1. The Kier molecular flexibility index (Phi) is 2.57. The molecule has 0 aliphatic rings. The molecule has 0 N–H and O–H groups in total. The number of halogens is 1. The molecule has 0 fully saturated rings. The molecule has 0 saturated heterocycles. The van der Waals surface area contributed by atoms with Crippen molar-refractivity contribution in [2.45, 2.75) is 0 Å². The number of fused-ring (bicyclic) bond motifs is 1. The second-order valence-electron chi connectivity index (χ2n) is 2.96. The Bertz CT molecular complexity index is 573. The molecule has 2 aromatic rings. The zero-order valence-electron chi connectivity index (χ0n) is 8.18. The minimum atomic E-state index is -0.533. The van der Waals surface area contributed by atoms with Gasteiger partial charge in [0.1, 0.15) is 11.5 Å². The fourth-order valence-corrected chi connectivity index (χ4v) is 1.54. The SMILES string of the molecule is COc1cc2c(Cl)ncnc2cc1[N+](=O)[O-]. The van der Waals surface area contributed by atoms with Crippen LogP contribution in [0.3, 0.4) is 0 Å². The van der Waals surface area contributed by atoms with Gasteiger partial charge in [-0.1, -0.05) is 11.6 Å². The van der Waals surface area contributed by atoms with Gasteiger partial charge in [0.2, 0.25) is 0 Å². The second-order valence-corrected chi connectivity index (χ2v) is 3.32. The molecule has 82 valence electrons. The number of hydrogen-bond acceptors (Lipinski definition) is 5. The topological polar surface area (TPSA) is 78.2 Å². The number of benzene rings is 1. The van der Waals surface area contributed by atoms with Gasteiger partial charge in [-0.25, -0.2) is 9.97 Å². The third-order valence-corrected chi connectivity index (χ3v) is 2.39. The Labute approximate surface area is 95.0 Å². The zero-order valence-corrected chi connectivity index (χ0v) is 8.93. The number of hydrogen-bond donors (Lipinski definition) is 0. The molecule has 0 atom stereocenters. The summed E-state index contributed by atoms with van der Waals surface area (Å²) in [4.78, 5) is 17.9. The molecule has 7 heteroatoms. The van der Waals surface area contributed by atoms with E-state index in [2.05, 4.69) is 9.97 Å². The van der Waals surface area contributed by atoms with Gasteiger partial charge in [0.25, 0.3) is 0 Å². The molecule has 1 heterocycles. The normalized spacial score (nSPS) is 10.4. The lowest BCUT2D eigenvalue weighted by Gasteiger charge is -2.04. The molecule has 6 nitrogen and oxygen atoms in total. The summed E-state index contributed by atoms with van der Waals surface area (Å²) in [7, 11) is 1.35. The van der Waals surface area contributed by atoms with Crippen molar-refractivity contribution in [2.75, 3.05) is 7.11 Å². The fourth-order valence-electron chi connectivity index (χ4n) is 1.35. The van der Waals surface area contributed by atoms with Gasteiger partial charge in [-0.2, -0.15) is 0 Å². The Morgan fingerprint density at radius 3 is 2.81 bits per heavy atom. The second kappa shape index (κ2) is 3.90. The molecule has 0 aliphatic heterocycles. The monoisotopic (exact) mass is 239 g/mol. The minimum absolute atomic E-state index is 0.134. The third kappa shape index (κ3) is 1.63. The molecule has 0 spiro atoms. The molecule has 0 saturated carbocycles. The first kappa shape index (κ1) is 10.6. The van der Waals surface area contributed by atoms with Gasteiger partial charge in [-0.15, -0.1) is 0 Å². The number of aromatic nitrogens is 2. The average molecular weight is 240 g/mol. The van der Waals surface area contributed by atoms with E-state index in [1.54, 1.807) is 0 Å². The molecule has 0 aliphatic carbocycles. The smallest absolute Gasteiger partial charge is 0.313 e. The summed E-state index contributed by atoms with van der Waals surface area (Å²) in [6.07, 6.45) is 1.25. The lowest BCUT2D eigenvalue weighted by molar-refractivity contribution is -0.385. The standard InChI is InChI=1S/C9H6ClN3O3/c1-16-8-2-5-6(3-7(8)13(14)15)11-4-12-9(5)10/h2-4H,1H3. The first-order valence-electron chi connectivity index (χ1n) is 4.26. The molecule has 0 bridgehead atoms. The van der Waals surface area contributed by atoms with Crippen LogP contribution in [0.25, 0.3) is 10.9 Å². The molecule has 0 radical (unpaired) electrons. The summed E-state index contributed by atoms with van der Waals surface area (Å²) in [5.41, 5.74) is 0.261. The summed E-state index contributed by atoms with van der Waals surface area (Å²) in [5.74, 6) is 0.134. The Balaban J connectivity index is 2.80. The van der Waals surface area contributed by atoms with E-state index in [1.165, 1.54) is 25.6 Å². The third-order valence-electron chi connectivity index (χ3n) is 2.08. The van der Waals surface area contributed by atoms with Crippen molar-refractivity contribution < 1.29 is 9.66 Å². The highest BCUT2D eigenvalue weighted by Crippen LogP contribution is 2.32. The van der Waals surface area contributed by atoms with Crippen LogP contribution in [-0.4, -0.2) is 22.0 Å². The molecule has 2 rings (SSSR count). The number of nitro benzene ring substituents is 1. The van der Waals surface area contributed by atoms with Gasteiger partial charge >= 0.3 is 5.69 Å². The highest BCUT2D eigenvalue weighted by atomic mass is 35.5. The van der Waals surface area contributed by atoms with Crippen molar-refractivity contribution in [3.63, 3.8) is 0 Å². The number of nitro groups is 1. The Morgan fingerprint density at radius 1 is 1.44 bits per heavy atom. The maximum absolute atomic E-state index is 10.8. The fraction of sp³-hybridized carbons (Fsp3) is 0.111. The largest absolute Gasteiger partial charge is 0.490 e. The summed E-state index contributed by atoms with van der Waals surface area (Å²) in [5, 5.41) is 11.5. The van der Waals surface area contributed by atoms with E-state index in [1.807, 2.05) is 0 Å². The highest BCUT2D eigenvalue weighted by Gasteiger charge is 2.17. The summed E-state index contributed by atoms with van der Waals surface area (Å²) >= 11 is 5.84. The Hall–Kier alpha value is -1.95. The summed E-state index contributed by atoms with van der Waals surface area (Å²) < 4.78 is 4.91. The van der Waals surface area contributed by atoms with Crippen LogP contribution in [0.2, 0.25) is 5.15 Å². The van der Waals surface area contributed by atoms with Crippen LogP contribution >= 0.6 is 11.6 Å². The summed E-state index contributed by atoms with van der Waals surface area (Å²) in [6, 6.07) is 2.76. The van der Waals surface area contributed by atoms with Gasteiger partial charge in [-0.3, -0.25) is 10.1 Å². The maximum Gasteiger partial charge on any atom is 0.313 e. The van der Waals surface area contributed by atoms with E-state index < -0.39 is 4.92 Å². The van der Waals surface area contributed by atoms with Crippen LogP contribution in [-0.2, 0) is 0 Å². The molecular formula is C9H6ClN3O3. The van der Waals surface area contributed by atoms with Crippen molar-refractivity contribution in [2.24, 2.45) is 0 Å². The molecular weight excluding hydrogens is 234 g/mol. The molecule has 0 amide bonds. The van der Waals surface area contributed by atoms with Crippen LogP contribution in [0.5, 0.6) is 5.75 Å². The van der Waals surface area contributed by atoms with E-state index in [0.29, 0.717) is 10.9 Å². The number of nitrogens with zero attached hydrogens (tertiary/aromatic N) is 3. The molecule has 1 aromatic carbocycles. The lowest BCUT2D eigenvalue weighted by atomic mass is 10.2. The van der Waals surface area contributed by atoms with Crippen LogP contribution in [0, 0.1) is 10.1 Å². The van der Waals surface area contributed by atoms with E-state index >= 15 is 0 Å². The van der Waals surface area contributed by atoms with Crippen LogP contribution in [0.4, 0.5) is 5.69 Å². The van der Waals surface area contributed by atoms with Crippen LogP contribution < -0.4 is 4.74 Å². The van der Waals surface area contributed by atoms with Crippen LogP contribution in [0.1, 0.15) is 0 Å². The molecule has 1 aromatic heterocycles. The lowest BCUT2D eigenvalue weighted by Crippen LogP contribution is -1.95. The van der Waals surface area contributed by atoms with Crippen LogP contribution in [0.15, 0.2) is 18.5 Å². The predicted molar refractivity (Wildman–Crippen MR) is 57.8 cm³/mol. The first-order valence-corrected chi connectivity index (χ1v) is 4.64. The van der Waals surface area contributed by atoms with E-state index in [4.69, 9.17) is 16.3 Å². The minimum Gasteiger partial charge on any atom is -0.490 e. The predicted octanol–water partition coefficient (Wildman–Crippen LogP) is 2.20. The quantitative estimate of drug-likeness (QED) is 0.456. The van der Waals surface area contributed by atoms with Crippen molar-refractivity contribution >= 4 is 28.2 Å². The van der Waals surface area contributed by atoms with Gasteiger partial charge in [0.05, 0.1) is 17.5 Å². The molecule has 0 unspecified atom stereocenters. The van der Waals surface area contributed by atoms with E-state index in [-0.39, 0.29) is 16.6 Å².